The van der Waals surface area contributed by atoms with Crippen molar-refractivity contribution < 1.29 is 13.9 Å². The highest BCUT2D eigenvalue weighted by Crippen LogP contribution is 2.24. The molecule has 0 amide bonds. The number of hydrogen-bond donors (Lipinski definition) is 1. The van der Waals surface area contributed by atoms with E-state index in [1.54, 1.807) is 39.0 Å². The summed E-state index contributed by atoms with van der Waals surface area (Å²) >= 11 is 0. The fourth-order valence-corrected chi connectivity index (χ4v) is 1.73. The number of halogens is 1. The Labute approximate surface area is 113 Å². The normalized spacial score (nSPS) is 14.6. The first-order chi connectivity index (χ1) is 8.76. The SMILES string of the molecule is C=C[C@H](c1ccccc1F)[C@H](N)C(=O)OC(C)(C)C. The summed E-state index contributed by atoms with van der Waals surface area (Å²) in [5, 5.41) is 0. The first-order valence-electron chi connectivity index (χ1n) is 6.11. The van der Waals surface area contributed by atoms with Gasteiger partial charge in [0, 0.05) is 5.92 Å². The molecule has 0 heterocycles. The third kappa shape index (κ3) is 4.17. The molecule has 0 aliphatic carbocycles. The molecule has 0 saturated carbocycles. The van der Waals surface area contributed by atoms with Crippen molar-refractivity contribution in [1.82, 2.24) is 0 Å². The van der Waals surface area contributed by atoms with Gasteiger partial charge in [0.05, 0.1) is 0 Å². The lowest BCUT2D eigenvalue weighted by atomic mass is 9.91. The van der Waals surface area contributed by atoms with Crippen molar-refractivity contribution in [2.45, 2.75) is 38.3 Å². The largest absolute Gasteiger partial charge is 0.459 e. The van der Waals surface area contributed by atoms with Crippen LogP contribution < -0.4 is 5.73 Å². The van der Waals surface area contributed by atoms with Crippen LogP contribution in [0.2, 0.25) is 0 Å². The molecule has 3 nitrogen and oxygen atoms in total. The Hall–Kier alpha value is -1.68. The average molecular weight is 265 g/mol. The monoisotopic (exact) mass is 265 g/mol. The highest BCUT2D eigenvalue weighted by Gasteiger charge is 2.29. The van der Waals surface area contributed by atoms with E-state index >= 15 is 0 Å². The molecular weight excluding hydrogens is 245 g/mol. The van der Waals surface area contributed by atoms with E-state index in [-0.39, 0.29) is 0 Å². The second kappa shape index (κ2) is 5.97. The van der Waals surface area contributed by atoms with Gasteiger partial charge in [0.15, 0.2) is 0 Å². The Balaban J connectivity index is 2.95. The number of esters is 1. The Bertz CT molecular complexity index is 465. The Morgan fingerprint density at radius 2 is 2.00 bits per heavy atom. The van der Waals surface area contributed by atoms with Crippen LogP contribution in [0.15, 0.2) is 36.9 Å². The number of hydrogen-bond acceptors (Lipinski definition) is 3. The number of benzene rings is 1. The molecule has 4 heteroatoms. The predicted molar refractivity (Wildman–Crippen MR) is 73.2 cm³/mol. The molecule has 1 rings (SSSR count). The third-order valence-electron chi connectivity index (χ3n) is 2.58. The molecular formula is C15H20FNO2. The second-order valence-corrected chi connectivity index (χ2v) is 5.34. The van der Waals surface area contributed by atoms with E-state index in [1.807, 2.05) is 0 Å². The summed E-state index contributed by atoms with van der Waals surface area (Å²) in [6, 6.07) is 5.21. The highest BCUT2D eigenvalue weighted by atomic mass is 19.1. The van der Waals surface area contributed by atoms with Gasteiger partial charge in [-0.05, 0) is 32.4 Å². The van der Waals surface area contributed by atoms with Crippen LogP contribution in [0.3, 0.4) is 0 Å². The fourth-order valence-electron chi connectivity index (χ4n) is 1.73. The molecule has 0 radical (unpaired) electrons. The van der Waals surface area contributed by atoms with E-state index < -0.39 is 29.3 Å². The predicted octanol–water partition coefficient (Wildman–Crippen LogP) is 2.76. The van der Waals surface area contributed by atoms with Crippen LogP contribution in [0.4, 0.5) is 4.39 Å². The molecule has 0 aliphatic rings. The third-order valence-corrected chi connectivity index (χ3v) is 2.58. The van der Waals surface area contributed by atoms with E-state index in [9.17, 15) is 9.18 Å². The molecule has 19 heavy (non-hydrogen) atoms. The molecule has 1 aromatic rings. The lowest BCUT2D eigenvalue weighted by molar-refractivity contribution is -0.156. The molecule has 0 bridgehead atoms. The maximum absolute atomic E-state index is 13.7. The molecule has 0 aliphatic heterocycles. The number of carbonyl (C=O) groups excluding carboxylic acids is 1. The van der Waals surface area contributed by atoms with Gasteiger partial charge in [0.1, 0.15) is 17.5 Å². The second-order valence-electron chi connectivity index (χ2n) is 5.34. The summed E-state index contributed by atoms with van der Waals surface area (Å²) in [5.41, 5.74) is 5.58. The van der Waals surface area contributed by atoms with Crippen LogP contribution in [0.25, 0.3) is 0 Å². The van der Waals surface area contributed by atoms with Crippen LogP contribution in [0, 0.1) is 5.82 Å². The Morgan fingerprint density at radius 1 is 1.42 bits per heavy atom. The van der Waals surface area contributed by atoms with Crippen LogP contribution in [0.1, 0.15) is 32.3 Å². The van der Waals surface area contributed by atoms with Crippen molar-refractivity contribution >= 4 is 5.97 Å². The zero-order chi connectivity index (χ0) is 14.6. The van der Waals surface area contributed by atoms with Gasteiger partial charge in [0.25, 0.3) is 0 Å². The smallest absolute Gasteiger partial charge is 0.324 e. The van der Waals surface area contributed by atoms with Gasteiger partial charge >= 0.3 is 5.97 Å². The topological polar surface area (TPSA) is 52.3 Å². The quantitative estimate of drug-likeness (QED) is 0.672. The van der Waals surface area contributed by atoms with Gasteiger partial charge in [-0.15, -0.1) is 6.58 Å². The minimum atomic E-state index is -0.978. The van der Waals surface area contributed by atoms with Crippen molar-refractivity contribution in [2.75, 3.05) is 0 Å². The van der Waals surface area contributed by atoms with E-state index in [0.29, 0.717) is 5.56 Å². The molecule has 0 unspecified atom stereocenters. The summed E-state index contributed by atoms with van der Waals surface area (Å²) in [6.45, 7) is 8.88. The van der Waals surface area contributed by atoms with Gasteiger partial charge in [-0.2, -0.15) is 0 Å². The van der Waals surface area contributed by atoms with Crippen LogP contribution >= 0.6 is 0 Å². The van der Waals surface area contributed by atoms with Gasteiger partial charge < -0.3 is 10.5 Å². The Morgan fingerprint density at radius 3 is 2.47 bits per heavy atom. The van der Waals surface area contributed by atoms with Crippen LogP contribution in [-0.4, -0.2) is 17.6 Å². The van der Waals surface area contributed by atoms with Crippen molar-refractivity contribution in [3.8, 4) is 0 Å². The minimum absolute atomic E-state index is 0.343. The highest BCUT2D eigenvalue weighted by molar-refractivity contribution is 5.77. The van der Waals surface area contributed by atoms with Crippen molar-refractivity contribution in [3.05, 3.63) is 48.3 Å². The van der Waals surface area contributed by atoms with Crippen LogP contribution in [-0.2, 0) is 9.53 Å². The first-order valence-corrected chi connectivity index (χ1v) is 6.11. The van der Waals surface area contributed by atoms with Gasteiger partial charge in [-0.25, -0.2) is 4.39 Å². The van der Waals surface area contributed by atoms with E-state index in [2.05, 4.69) is 6.58 Å². The molecule has 0 fully saturated rings. The van der Waals surface area contributed by atoms with E-state index in [4.69, 9.17) is 10.5 Å². The Kier molecular flexibility index (Phi) is 4.84. The lowest BCUT2D eigenvalue weighted by Gasteiger charge is -2.25. The first kappa shape index (κ1) is 15.4. The maximum Gasteiger partial charge on any atom is 0.324 e. The van der Waals surface area contributed by atoms with E-state index in [1.165, 1.54) is 12.1 Å². The molecule has 0 saturated heterocycles. The summed E-state index contributed by atoms with van der Waals surface area (Å²) in [5.74, 6) is -1.59. The number of nitrogens with two attached hydrogens (primary N) is 1. The molecule has 1 aromatic carbocycles. The lowest BCUT2D eigenvalue weighted by Crippen LogP contribution is -2.41. The van der Waals surface area contributed by atoms with Gasteiger partial charge in [0.2, 0.25) is 0 Å². The molecule has 0 spiro atoms. The number of ether oxygens (including phenoxy) is 1. The average Bonchev–Trinajstić information content (AvgIpc) is 2.30. The summed E-state index contributed by atoms with van der Waals surface area (Å²) in [4.78, 5) is 11.9. The molecule has 0 aromatic heterocycles. The van der Waals surface area contributed by atoms with Crippen molar-refractivity contribution in [2.24, 2.45) is 5.73 Å². The van der Waals surface area contributed by atoms with Gasteiger partial charge in [-0.3, -0.25) is 4.79 Å². The fraction of sp³-hybridized carbons (Fsp3) is 0.400. The van der Waals surface area contributed by atoms with Crippen LogP contribution in [0.5, 0.6) is 0 Å². The molecule has 104 valence electrons. The van der Waals surface area contributed by atoms with Crippen molar-refractivity contribution in [3.63, 3.8) is 0 Å². The van der Waals surface area contributed by atoms with Crippen molar-refractivity contribution in [1.29, 1.82) is 0 Å². The molecule has 2 atom stereocenters. The summed E-state index contributed by atoms with van der Waals surface area (Å²) < 4.78 is 18.9. The minimum Gasteiger partial charge on any atom is -0.459 e. The zero-order valence-corrected chi connectivity index (χ0v) is 11.5. The standard InChI is InChI=1S/C15H20FNO2/c1-5-10(11-8-6-7-9-12(11)16)13(17)14(18)19-15(2,3)4/h5-10,13H,1,17H2,2-4H3/t10-,13+/m1/s1. The van der Waals surface area contributed by atoms with E-state index in [0.717, 1.165) is 0 Å². The zero-order valence-electron chi connectivity index (χ0n) is 11.5. The number of rotatable bonds is 4. The number of carbonyl (C=O) groups is 1. The summed E-state index contributed by atoms with van der Waals surface area (Å²) in [6.07, 6.45) is 1.47. The summed E-state index contributed by atoms with van der Waals surface area (Å²) in [7, 11) is 0. The molecule has 2 N–H and O–H groups in total. The van der Waals surface area contributed by atoms with Gasteiger partial charge in [-0.1, -0.05) is 24.3 Å². The maximum atomic E-state index is 13.7.